The van der Waals surface area contributed by atoms with Gasteiger partial charge < -0.3 is 118 Å². The van der Waals surface area contributed by atoms with Crippen molar-refractivity contribution in [2.45, 2.75) is 169 Å². The lowest BCUT2D eigenvalue weighted by Crippen LogP contribution is -2.33. The minimum absolute atomic E-state index is 0. The first-order chi connectivity index (χ1) is 37.6. The van der Waals surface area contributed by atoms with Crippen LogP contribution in [0.4, 0.5) is 0 Å². The molecule has 1 aliphatic heterocycles. The molecule has 522 valence electrons. The van der Waals surface area contributed by atoms with E-state index in [0.717, 1.165) is 50.6 Å². The molecule has 4 rings (SSSR count). The van der Waals surface area contributed by atoms with Crippen LogP contribution in [-0.4, -0.2) is 112 Å². The summed E-state index contributed by atoms with van der Waals surface area (Å²) in [5.41, 5.74) is 14.5. The van der Waals surface area contributed by atoms with Crippen LogP contribution in [0.5, 0.6) is 0 Å². The minimum atomic E-state index is 0. The largest absolute Gasteiger partial charge is 0.344 e. The van der Waals surface area contributed by atoms with Gasteiger partial charge in [0, 0.05) is 20.0 Å². The Morgan fingerprint density at radius 2 is 0.523 bits per heavy atom. The summed E-state index contributed by atoms with van der Waals surface area (Å²) in [6.07, 6.45) is 10.8. The molecule has 1 amide bonds. The predicted molar refractivity (Wildman–Crippen MR) is 378 cm³/mol. The number of Topliss-reactive ketones (excluding diaryl/α,β-unsaturated/α-hetero) is 1. The van der Waals surface area contributed by atoms with Crippen LogP contribution < -0.4 is 60.7 Å². The molecule has 0 atom stereocenters. The van der Waals surface area contributed by atoms with Crippen molar-refractivity contribution in [3.05, 3.63) is 120 Å². The van der Waals surface area contributed by atoms with Gasteiger partial charge in [-0.2, -0.15) is 0 Å². The van der Waals surface area contributed by atoms with E-state index in [4.69, 9.17) is 47.9 Å². The van der Waals surface area contributed by atoms with Gasteiger partial charge in [-0.25, -0.2) is 0 Å². The zero-order chi connectivity index (χ0) is 66.6. The first-order valence-electron chi connectivity index (χ1n) is 25.2. The highest BCUT2D eigenvalue weighted by atomic mass is 16.2. The number of hydrogen-bond donors (Lipinski definition) is 10. The Hall–Kier alpha value is -7.16. The Bertz CT molecular complexity index is 1250. The molecule has 86 heavy (non-hydrogen) atoms. The molecule has 0 bridgehead atoms. The quantitative estimate of drug-likeness (QED) is 0.102. The number of carbonyl (C=O) groups excluding carboxylic acids is 12. The summed E-state index contributed by atoms with van der Waals surface area (Å²) in [6.45, 7) is 58.2. The van der Waals surface area contributed by atoms with Gasteiger partial charge in [0.2, 0.25) is 5.91 Å². The van der Waals surface area contributed by atoms with Gasteiger partial charge >= 0.3 is 0 Å². The van der Waals surface area contributed by atoms with E-state index in [1.807, 2.05) is 112 Å². The maximum atomic E-state index is 10.7. The number of rotatable bonds is 6. The predicted octanol–water partition coefficient (Wildman–Crippen LogP) is 14.1. The van der Waals surface area contributed by atoms with Crippen molar-refractivity contribution < 1.29 is 57.5 Å². The third kappa shape index (κ3) is 265. The lowest BCUT2D eigenvalue weighted by molar-refractivity contribution is -0.129. The maximum absolute atomic E-state index is 10.7. The number of benzene rings is 3. The molecule has 3 aromatic rings. The number of likely N-dealkylation sites (tertiary alicyclic amines) is 1. The molecular weight excluding hydrogens is 1100 g/mol. The number of amides is 1. The fourth-order valence-corrected chi connectivity index (χ4v) is 3.35. The lowest BCUT2D eigenvalue weighted by atomic mass is 10.1. The molecule has 0 saturated carbocycles. The van der Waals surface area contributed by atoms with Crippen LogP contribution in [0.2, 0.25) is 0 Å². The fraction of sp³-hybridized carbons (Fsp3) is 0.492. The lowest BCUT2D eigenvalue weighted by Gasteiger charge is -2.24. The van der Waals surface area contributed by atoms with E-state index in [2.05, 4.69) is 160 Å². The monoisotopic (exact) mass is 1250 g/mol. The highest BCUT2D eigenvalue weighted by Gasteiger charge is 2.11. The molecule has 23 nitrogen and oxygen atoms in total. The van der Waals surface area contributed by atoms with Gasteiger partial charge in [0.05, 0.1) is 0 Å². The third-order valence-corrected chi connectivity index (χ3v) is 7.79. The van der Waals surface area contributed by atoms with Gasteiger partial charge in [0.15, 0.2) is 0 Å². The topological polar surface area (TPSA) is 540 Å². The number of nitrogens with zero attached hydrogens (tertiary/aromatic N) is 1. The fourth-order valence-electron chi connectivity index (χ4n) is 3.35. The molecular formula is C63H143N11O12. The van der Waals surface area contributed by atoms with Crippen molar-refractivity contribution >= 4 is 79.6 Å². The Balaban J connectivity index is -0.0000000203. The number of allylic oxidation sites excluding steroid dienone is 1. The minimum Gasteiger partial charge on any atom is -0.344 e. The molecule has 1 saturated heterocycles. The van der Waals surface area contributed by atoms with E-state index in [0.29, 0.717) is 0 Å². The molecule has 0 spiro atoms. The van der Waals surface area contributed by atoms with Gasteiger partial charge in [-0.3, -0.25) is 4.79 Å². The Morgan fingerprint density at radius 3 is 0.593 bits per heavy atom. The summed E-state index contributed by atoms with van der Waals surface area (Å²) >= 11 is 0. The van der Waals surface area contributed by atoms with Crippen LogP contribution in [0.15, 0.2) is 103 Å². The highest BCUT2D eigenvalue weighted by molar-refractivity contribution is 5.73. The van der Waals surface area contributed by atoms with Crippen LogP contribution in [0.25, 0.3) is 0 Å². The van der Waals surface area contributed by atoms with Gasteiger partial charge in [0.25, 0.3) is 0 Å². The number of ketones is 1. The zero-order valence-corrected chi connectivity index (χ0v) is 58.5. The van der Waals surface area contributed by atoms with Crippen molar-refractivity contribution in [3.8, 4) is 0 Å². The Kier molecular flexibility index (Phi) is 419. The first kappa shape index (κ1) is 165. The summed E-state index contributed by atoms with van der Waals surface area (Å²) < 4.78 is 0. The van der Waals surface area contributed by atoms with E-state index in [1.165, 1.54) is 82.3 Å². The number of nitrogens with two attached hydrogens (primary N) is 2. The molecule has 0 unspecified atom stereocenters. The SMILES string of the molecule is C=C(C)CC.C=O.C=O.C=O.C=O.C=O.C=O.C=O.C=O.C=O.C=O.CC.CC(=O)N1CCCCC1.CC(C)=O.CCC(C)C.CCC(C)C.CCc1ccccc1.CCc1ccccc1.CCc1ccccc1.CN.CN.N.N.N.N.N.N.N.N. The normalized spacial score (nSPS) is 7.16. The van der Waals surface area contributed by atoms with Gasteiger partial charge in [-0.05, 0) is 108 Å². The number of carbonyl (C=O) groups is 12. The summed E-state index contributed by atoms with van der Waals surface area (Å²) in [5.74, 6) is 2.17. The van der Waals surface area contributed by atoms with Gasteiger partial charge in [-0.1, -0.05) is 192 Å². The maximum Gasteiger partial charge on any atom is 0.219 e. The zero-order valence-electron chi connectivity index (χ0n) is 58.5. The first-order valence-corrected chi connectivity index (χ1v) is 25.2. The van der Waals surface area contributed by atoms with Gasteiger partial charge in [-0.15, -0.1) is 6.58 Å². The van der Waals surface area contributed by atoms with Crippen molar-refractivity contribution in [3.63, 3.8) is 0 Å². The average Bonchev–Trinajstić information content (AvgIpc) is 3.55. The van der Waals surface area contributed by atoms with E-state index >= 15 is 0 Å². The molecule has 1 fully saturated rings. The van der Waals surface area contributed by atoms with Crippen molar-refractivity contribution in [2.75, 3.05) is 27.2 Å². The molecule has 3 aromatic carbocycles. The molecule has 28 N–H and O–H groups in total. The standard InChI is InChI=1S/3C8H10.C7H13NO.2C5H12.C5H10.C3H6O.C2H6.2CH5N.10CH2O.8H3N/c3*1-2-8-6-4-3-5-7-8;1-7(9)8-5-3-2-4-6-8;3*1-4-5(2)3;1-3(2)4;13*1-2;;;;;;;;/h3*3-7H,2H2,1H3;2-6H2,1H3;2*5H,4H2,1-3H3;2,4H2,1,3H3;1-2H3;1-2H3;2*2H2,1H3;10*1H2;8*1H3. The van der Waals surface area contributed by atoms with E-state index < -0.39 is 0 Å². The van der Waals surface area contributed by atoms with Crippen LogP contribution in [0.3, 0.4) is 0 Å². The average molecular weight is 1250 g/mol. The number of aryl methyl sites for hydroxylation is 3. The molecule has 23 heteroatoms. The molecule has 1 aliphatic rings. The second kappa shape index (κ2) is 219. The molecule has 0 aromatic heterocycles. The summed E-state index contributed by atoms with van der Waals surface area (Å²) in [6, 6.07) is 31.4. The molecule has 0 aliphatic carbocycles. The second-order valence-corrected chi connectivity index (χ2v) is 13.9. The van der Waals surface area contributed by atoms with Crippen LogP contribution >= 0.6 is 0 Å². The summed E-state index contributed by atoms with van der Waals surface area (Å²) in [4.78, 5) is 102. The van der Waals surface area contributed by atoms with E-state index in [1.54, 1.807) is 6.92 Å². The molecule has 1 heterocycles. The van der Waals surface area contributed by atoms with Crippen molar-refractivity contribution in [1.82, 2.24) is 54.1 Å². The van der Waals surface area contributed by atoms with Crippen molar-refractivity contribution in [1.29, 1.82) is 0 Å². The third-order valence-electron chi connectivity index (χ3n) is 7.79. The Labute approximate surface area is 528 Å². The van der Waals surface area contributed by atoms with Crippen LogP contribution in [-0.2, 0) is 76.8 Å². The van der Waals surface area contributed by atoms with Gasteiger partial charge in [0.1, 0.15) is 73.7 Å². The Morgan fingerprint density at radius 1 is 0.384 bits per heavy atom. The number of piperidine rings is 1. The number of hydrogen-bond acceptors (Lipinski definition) is 22. The highest BCUT2D eigenvalue weighted by Crippen LogP contribution is 2.07. The van der Waals surface area contributed by atoms with Crippen LogP contribution in [0.1, 0.15) is 166 Å². The van der Waals surface area contributed by atoms with E-state index in [-0.39, 0.29) is 60.9 Å². The van der Waals surface area contributed by atoms with Crippen LogP contribution in [0, 0.1) is 11.8 Å². The van der Waals surface area contributed by atoms with Crippen molar-refractivity contribution in [2.24, 2.45) is 23.3 Å². The molecule has 0 radical (unpaired) electrons. The smallest absolute Gasteiger partial charge is 0.219 e. The van der Waals surface area contributed by atoms with E-state index in [9.17, 15) is 9.59 Å². The summed E-state index contributed by atoms with van der Waals surface area (Å²) in [5, 5.41) is 0. The summed E-state index contributed by atoms with van der Waals surface area (Å²) in [7, 11) is 3.00. The second-order valence-electron chi connectivity index (χ2n) is 13.9.